The molecule has 10 heavy (non-hydrogen) atoms. The fourth-order valence-corrected chi connectivity index (χ4v) is 2.27. The van der Waals surface area contributed by atoms with Crippen LogP contribution in [0.2, 0.25) is 0 Å². The number of alkyl halides is 1. The van der Waals surface area contributed by atoms with Crippen molar-refractivity contribution in [1.29, 1.82) is 0 Å². The van der Waals surface area contributed by atoms with Gasteiger partial charge in [0.15, 0.2) is 0 Å². The third-order valence-electron chi connectivity index (χ3n) is 2.72. The summed E-state index contributed by atoms with van der Waals surface area (Å²) in [6, 6.07) is 0. The molecule has 2 aliphatic rings. The van der Waals surface area contributed by atoms with Gasteiger partial charge in [-0.1, -0.05) is 6.42 Å². The molecule has 2 unspecified atom stereocenters. The summed E-state index contributed by atoms with van der Waals surface area (Å²) >= 11 is 5.51. The minimum absolute atomic E-state index is 0.604. The second-order valence-corrected chi connectivity index (χ2v) is 3.66. The first-order chi connectivity index (χ1) is 4.93. The zero-order valence-electron chi connectivity index (χ0n) is 6.05. The van der Waals surface area contributed by atoms with E-state index in [0.717, 1.165) is 18.4 Å². The lowest BCUT2D eigenvalue weighted by atomic mass is 10.2. The Morgan fingerprint density at radius 3 is 2.60 bits per heavy atom. The molecule has 0 aliphatic heterocycles. The first kappa shape index (κ1) is 6.93. The predicted octanol–water partition coefficient (Wildman–Crippen LogP) is 2.04. The Hall–Kier alpha value is 0.250. The Morgan fingerprint density at radius 2 is 2.00 bits per heavy atom. The molecule has 0 aromatic rings. The van der Waals surface area contributed by atoms with Crippen LogP contribution in [0.5, 0.6) is 0 Å². The van der Waals surface area contributed by atoms with Crippen LogP contribution in [0.3, 0.4) is 0 Å². The van der Waals surface area contributed by atoms with Crippen molar-refractivity contribution in [1.82, 2.24) is 0 Å². The van der Waals surface area contributed by atoms with Crippen molar-refractivity contribution in [2.24, 2.45) is 11.8 Å². The van der Waals surface area contributed by atoms with Gasteiger partial charge in [-0.2, -0.15) is 0 Å². The van der Waals surface area contributed by atoms with E-state index in [1.807, 2.05) is 0 Å². The molecule has 0 N–H and O–H groups in total. The van der Waals surface area contributed by atoms with Crippen LogP contribution >= 0.6 is 11.6 Å². The molecule has 58 valence electrons. The van der Waals surface area contributed by atoms with Gasteiger partial charge in [-0.15, -0.1) is 11.6 Å². The van der Waals surface area contributed by atoms with Gasteiger partial charge in [0.1, 0.15) is 0 Å². The summed E-state index contributed by atoms with van der Waals surface area (Å²) in [7, 11) is 0. The lowest BCUT2D eigenvalue weighted by Gasteiger charge is -2.02. The van der Waals surface area contributed by atoms with E-state index in [1.54, 1.807) is 0 Å². The largest absolute Gasteiger partial charge is 0.376 e. The van der Waals surface area contributed by atoms with Crippen molar-refractivity contribution in [2.45, 2.75) is 25.4 Å². The number of halogens is 1. The highest BCUT2D eigenvalue weighted by Crippen LogP contribution is 2.53. The average Bonchev–Trinajstić information content (AvgIpc) is 2.46. The number of hydrogen-bond acceptors (Lipinski definition) is 1. The topological polar surface area (TPSA) is 9.23 Å². The van der Waals surface area contributed by atoms with Gasteiger partial charge < -0.3 is 4.74 Å². The second kappa shape index (κ2) is 2.71. The first-order valence-electron chi connectivity index (χ1n) is 4.11. The van der Waals surface area contributed by atoms with Crippen molar-refractivity contribution < 1.29 is 4.74 Å². The van der Waals surface area contributed by atoms with Crippen LogP contribution in [-0.2, 0) is 4.74 Å². The smallest absolute Gasteiger partial charge is 0.0639 e. The van der Waals surface area contributed by atoms with Crippen molar-refractivity contribution in [3.8, 4) is 0 Å². The molecule has 0 amide bonds. The molecule has 2 heteroatoms. The molecule has 2 fully saturated rings. The molecule has 0 saturated heterocycles. The van der Waals surface area contributed by atoms with E-state index in [-0.39, 0.29) is 0 Å². The molecule has 0 radical (unpaired) electrons. The highest BCUT2D eigenvalue weighted by Gasteiger charge is 2.53. The lowest BCUT2D eigenvalue weighted by Crippen LogP contribution is -2.03. The van der Waals surface area contributed by atoms with Crippen LogP contribution in [0.15, 0.2) is 0 Å². The van der Waals surface area contributed by atoms with Gasteiger partial charge in [-0.3, -0.25) is 0 Å². The maximum Gasteiger partial charge on any atom is 0.0639 e. The Labute approximate surface area is 66.7 Å². The summed E-state index contributed by atoms with van der Waals surface area (Å²) in [5.41, 5.74) is 0. The molecular weight excluding hydrogens is 148 g/mol. The first-order valence-corrected chi connectivity index (χ1v) is 4.64. The third kappa shape index (κ3) is 1.06. The SMILES string of the molecule is ClCCOC1C2CCCC21. The summed E-state index contributed by atoms with van der Waals surface area (Å²) in [6.45, 7) is 0.749. The normalized spacial score (nSPS) is 43.5. The summed E-state index contributed by atoms with van der Waals surface area (Å²) in [5.74, 6) is 2.49. The predicted molar refractivity (Wildman–Crippen MR) is 41.3 cm³/mol. The Balaban J connectivity index is 1.69. The van der Waals surface area contributed by atoms with E-state index in [9.17, 15) is 0 Å². The molecule has 0 spiro atoms. The summed E-state index contributed by atoms with van der Waals surface area (Å²) in [4.78, 5) is 0. The van der Waals surface area contributed by atoms with Gasteiger partial charge in [0, 0.05) is 5.88 Å². The summed E-state index contributed by atoms with van der Waals surface area (Å²) in [5, 5.41) is 0. The molecular formula is C8H13ClO. The zero-order chi connectivity index (χ0) is 6.97. The average molecular weight is 161 g/mol. The summed E-state index contributed by atoms with van der Waals surface area (Å²) < 4.78 is 5.54. The quantitative estimate of drug-likeness (QED) is 0.575. The van der Waals surface area contributed by atoms with Crippen molar-refractivity contribution >= 4 is 11.6 Å². The standard InChI is InChI=1S/C8H13ClO/c9-4-5-10-8-6-2-1-3-7(6)8/h6-8H,1-5H2. The van der Waals surface area contributed by atoms with Gasteiger partial charge in [0.05, 0.1) is 12.7 Å². The van der Waals surface area contributed by atoms with Crippen LogP contribution in [0, 0.1) is 11.8 Å². The van der Waals surface area contributed by atoms with Crippen LogP contribution < -0.4 is 0 Å². The third-order valence-corrected chi connectivity index (χ3v) is 2.87. The van der Waals surface area contributed by atoms with Gasteiger partial charge in [-0.25, -0.2) is 0 Å². The highest BCUT2D eigenvalue weighted by molar-refractivity contribution is 6.17. The number of hydrogen-bond donors (Lipinski definition) is 0. The number of ether oxygens (including phenoxy) is 1. The van der Waals surface area contributed by atoms with E-state index < -0.39 is 0 Å². The van der Waals surface area contributed by atoms with Crippen LogP contribution in [0.4, 0.5) is 0 Å². The fraction of sp³-hybridized carbons (Fsp3) is 1.00. The molecule has 0 aromatic carbocycles. The zero-order valence-corrected chi connectivity index (χ0v) is 6.81. The van der Waals surface area contributed by atoms with Gasteiger partial charge in [-0.05, 0) is 24.7 Å². The van der Waals surface area contributed by atoms with Gasteiger partial charge in [0.2, 0.25) is 0 Å². The Kier molecular flexibility index (Phi) is 1.88. The monoisotopic (exact) mass is 160 g/mol. The van der Waals surface area contributed by atoms with E-state index in [1.165, 1.54) is 19.3 Å². The molecule has 2 rings (SSSR count). The van der Waals surface area contributed by atoms with Crippen molar-refractivity contribution in [2.75, 3.05) is 12.5 Å². The lowest BCUT2D eigenvalue weighted by molar-refractivity contribution is 0.108. The van der Waals surface area contributed by atoms with Gasteiger partial charge in [0.25, 0.3) is 0 Å². The fourth-order valence-electron chi connectivity index (χ4n) is 2.18. The highest BCUT2D eigenvalue weighted by atomic mass is 35.5. The van der Waals surface area contributed by atoms with E-state index in [2.05, 4.69) is 0 Å². The van der Waals surface area contributed by atoms with Crippen LogP contribution in [0.1, 0.15) is 19.3 Å². The van der Waals surface area contributed by atoms with Gasteiger partial charge >= 0.3 is 0 Å². The van der Waals surface area contributed by atoms with E-state index >= 15 is 0 Å². The van der Waals surface area contributed by atoms with E-state index in [4.69, 9.17) is 16.3 Å². The summed E-state index contributed by atoms with van der Waals surface area (Å²) in [6.07, 6.45) is 4.83. The molecule has 0 bridgehead atoms. The van der Waals surface area contributed by atoms with E-state index in [0.29, 0.717) is 12.0 Å². The molecule has 2 aliphatic carbocycles. The van der Waals surface area contributed by atoms with Crippen molar-refractivity contribution in [3.63, 3.8) is 0 Å². The second-order valence-electron chi connectivity index (χ2n) is 3.28. The molecule has 2 atom stereocenters. The van der Waals surface area contributed by atoms with Crippen molar-refractivity contribution in [3.05, 3.63) is 0 Å². The number of fused-ring (bicyclic) bond motifs is 1. The maximum atomic E-state index is 5.54. The molecule has 0 heterocycles. The molecule has 2 saturated carbocycles. The van der Waals surface area contributed by atoms with Crippen LogP contribution in [-0.4, -0.2) is 18.6 Å². The molecule has 1 nitrogen and oxygen atoms in total. The maximum absolute atomic E-state index is 5.54. The minimum Gasteiger partial charge on any atom is -0.376 e. The van der Waals surface area contributed by atoms with Crippen LogP contribution in [0.25, 0.3) is 0 Å². The molecule has 0 aromatic heterocycles. The minimum atomic E-state index is 0.604. The number of rotatable bonds is 3. The Bertz CT molecular complexity index is 116. The Morgan fingerprint density at radius 1 is 1.30 bits per heavy atom.